The lowest BCUT2D eigenvalue weighted by Crippen LogP contribution is -2.43. The van der Waals surface area contributed by atoms with Crippen LogP contribution in [0.1, 0.15) is 34.5 Å². The van der Waals surface area contributed by atoms with E-state index in [4.69, 9.17) is 9.47 Å². The molecule has 170 valence electrons. The van der Waals surface area contributed by atoms with Crippen LogP contribution in [0.2, 0.25) is 0 Å². The number of aromatic nitrogens is 1. The van der Waals surface area contributed by atoms with Crippen molar-refractivity contribution >= 4 is 37.2 Å². The van der Waals surface area contributed by atoms with Crippen LogP contribution in [0.25, 0.3) is 10.1 Å². The second kappa shape index (κ2) is 9.66. The molecule has 1 aromatic carbocycles. The van der Waals surface area contributed by atoms with Gasteiger partial charge < -0.3 is 14.8 Å². The SMILES string of the molecule is COC1CCC(OC)C(S(=O)(=O)c2ccc(CNC(=O)c3cc4ccncc4s3)cc2)C1. The highest BCUT2D eigenvalue weighted by molar-refractivity contribution is 7.92. The Morgan fingerprint density at radius 3 is 2.62 bits per heavy atom. The van der Waals surface area contributed by atoms with Crippen molar-refractivity contribution in [1.29, 1.82) is 0 Å². The van der Waals surface area contributed by atoms with Crippen LogP contribution >= 0.6 is 11.3 Å². The van der Waals surface area contributed by atoms with Crippen molar-refractivity contribution in [3.8, 4) is 0 Å². The summed E-state index contributed by atoms with van der Waals surface area (Å²) in [5.41, 5.74) is 0.821. The minimum Gasteiger partial charge on any atom is -0.381 e. The van der Waals surface area contributed by atoms with Crippen molar-refractivity contribution in [2.24, 2.45) is 0 Å². The first-order chi connectivity index (χ1) is 15.4. The molecular weight excluding hydrogens is 448 g/mol. The summed E-state index contributed by atoms with van der Waals surface area (Å²) in [7, 11) is -0.403. The zero-order valence-corrected chi connectivity index (χ0v) is 19.6. The number of pyridine rings is 1. The first kappa shape index (κ1) is 22.8. The van der Waals surface area contributed by atoms with Crippen molar-refractivity contribution in [2.45, 2.75) is 48.2 Å². The van der Waals surface area contributed by atoms with Gasteiger partial charge in [-0.25, -0.2) is 8.42 Å². The van der Waals surface area contributed by atoms with Gasteiger partial charge in [-0.1, -0.05) is 12.1 Å². The van der Waals surface area contributed by atoms with Crippen molar-refractivity contribution in [3.05, 3.63) is 59.2 Å². The molecular formula is C23H26N2O5S2. The number of amides is 1. The molecule has 1 N–H and O–H groups in total. The van der Waals surface area contributed by atoms with Gasteiger partial charge in [0.1, 0.15) is 0 Å². The molecule has 4 rings (SSSR count). The minimum absolute atomic E-state index is 0.0830. The van der Waals surface area contributed by atoms with Gasteiger partial charge >= 0.3 is 0 Å². The van der Waals surface area contributed by atoms with E-state index in [-0.39, 0.29) is 23.0 Å². The molecule has 0 bridgehead atoms. The van der Waals surface area contributed by atoms with Gasteiger partial charge in [0.15, 0.2) is 9.84 Å². The maximum atomic E-state index is 13.3. The number of nitrogens with one attached hydrogen (secondary N) is 1. The Labute approximate surface area is 191 Å². The van der Waals surface area contributed by atoms with Gasteiger partial charge in [0, 0.05) is 33.2 Å². The largest absolute Gasteiger partial charge is 0.381 e. The molecule has 1 aliphatic rings. The zero-order valence-electron chi connectivity index (χ0n) is 18.0. The third kappa shape index (κ3) is 4.71. The fourth-order valence-corrected chi connectivity index (χ4v) is 7.04. The van der Waals surface area contributed by atoms with E-state index < -0.39 is 15.1 Å². The van der Waals surface area contributed by atoms with Crippen molar-refractivity contribution in [3.63, 3.8) is 0 Å². The molecule has 1 saturated carbocycles. The monoisotopic (exact) mass is 474 g/mol. The predicted molar refractivity (Wildman–Crippen MR) is 124 cm³/mol. The average molecular weight is 475 g/mol. The maximum Gasteiger partial charge on any atom is 0.261 e. The van der Waals surface area contributed by atoms with Gasteiger partial charge in [0.25, 0.3) is 5.91 Å². The number of fused-ring (bicyclic) bond motifs is 1. The van der Waals surface area contributed by atoms with Crippen molar-refractivity contribution in [1.82, 2.24) is 10.3 Å². The molecule has 7 nitrogen and oxygen atoms in total. The number of carbonyl (C=O) groups excluding carboxylic acids is 1. The second-order valence-corrected chi connectivity index (χ2v) is 11.1. The number of sulfone groups is 1. The highest BCUT2D eigenvalue weighted by Gasteiger charge is 2.40. The van der Waals surface area contributed by atoms with Crippen LogP contribution in [0.3, 0.4) is 0 Å². The first-order valence-corrected chi connectivity index (χ1v) is 12.8. The molecule has 0 spiro atoms. The van der Waals surface area contributed by atoms with E-state index in [1.165, 1.54) is 11.3 Å². The van der Waals surface area contributed by atoms with Crippen LogP contribution in [0, 0.1) is 0 Å². The molecule has 1 aliphatic carbocycles. The van der Waals surface area contributed by atoms with E-state index in [2.05, 4.69) is 10.3 Å². The summed E-state index contributed by atoms with van der Waals surface area (Å²) >= 11 is 1.39. The number of thiophene rings is 1. The van der Waals surface area contributed by atoms with Crippen LogP contribution < -0.4 is 5.32 Å². The van der Waals surface area contributed by atoms with Crippen molar-refractivity contribution in [2.75, 3.05) is 14.2 Å². The van der Waals surface area contributed by atoms with E-state index >= 15 is 0 Å². The van der Waals surface area contributed by atoms with Gasteiger partial charge in [0.05, 0.1) is 31.9 Å². The highest BCUT2D eigenvalue weighted by atomic mass is 32.2. The summed E-state index contributed by atoms with van der Waals surface area (Å²) in [5, 5.41) is 3.24. The van der Waals surface area contributed by atoms with Crippen LogP contribution in [-0.4, -0.2) is 51.0 Å². The molecule has 1 amide bonds. The van der Waals surface area contributed by atoms with Gasteiger partial charge in [0.2, 0.25) is 0 Å². The summed E-state index contributed by atoms with van der Waals surface area (Å²) in [6, 6.07) is 10.4. The lowest BCUT2D eigenvalue weighted by Gasteiger charge is -2.34. The summed E-state index contributed by atoms with van der Waals surface area (Å²) in [4.78, 5) is 17.5. The highest BCUT2D eigenvalue weighted by Crippen LogP contribution is 2.32. The number of hydrogen-bond acceptors (Lipinski definition) is 7. The Morgan fingerprint density at radius 2 is 1.94 bits per heavy atom. The lowest BCUT2D eigenvalue weighted by molar-refractivity contribution is 0.00720. The molecule has 1 fully saturated rings. The molecule has 0 aliphatic heterocycles. The van der Waals surface area contributed by atoms with E-state index in [0.717, 1.165) is 22.1 Å². The van der Waals surface area contributed by atoms with E-state index in [1.807, 2.05) is 12.1 Å². The number of rotatable bonds is 7. The van der Waals surface area contributed by atoms with Gasteiger partial charge in [-0.3, -0.25) is 9.78 Å². The Bertz CT molecular complexity index is 1160. The molecule has 0 radical (unpaired) electrons. The molecule has 3 unspecified atom stereocenters. The van der Waals surface area contributed by atoms with Crippen LogP contribution in [0.4, 0.5) is 0 Å². The molecule has 2 aromatic heterocycles. The van der Waals surface area contributed by atoms with Gasteiger partial charge in [-0.15, -0.1) is 11.3 Å². The number of carbonyl (C=O) groups is 1. The summed E-state index contributed by atoms with van der Waals surface area (Å²) < 4.78 is 38.4. The number of methoxy groups -OCH3 is 2. The minimum atomic E-state index is -3.57. The average Bonchev–Trinajstić information content (AvgIpc) is 3.27. The van der Waals surface area contributed by atoms with E-state index in [0.29, 0.717) is 24.3 Å². The molecule has 3 atom stereocenters. The van der Waals surface area contributed by atoms with Crippen molar-refractivity contribution < 1.29 is 22.7 Å². The number of hydrogen-bond donors (Lipinski definition) is 1. The van der Waals surface area contributed by atoms with E-state index in [1.54, 1.807) is 50.9 Å². The van der Waals surface area contributed by atoms with E-state index in [9.17, 15) is 13.2 Å². The predicted octanol–water partition coefficient (Wildman–Crippen LogP) is 3.58. The molecule has 0 saturated heterocycles. The normalized spacial score (nSPS) is 21.5. The smallest absolute Gasteiger partial charge is 0.261 e. The Morgan fingerprint density at radius 1 is 1.16 bits per heavy atom. The molecule has 2 heterocycles. The Balaban J connectivity index is 1.43. The molecule has 9 heteroatoms. The fourth-order valence-electron chi connectivity index (χ4n) is 4.11. The lowest BCUT2D eigenvalue weighted by atomic mass is 9.94. The van der Waals surface area contributed by atoms with Gasteiger partial charge in [-0.05, 0) is 54.5 Å². The number of ether oxygens (including phenoxy) is 2. The van der Waals surface area contributed by atoms with Crippen LogP contribution in [-0.2, 0) is 25.9 Å². The second-order valence-electron chi connectivity index (χ2n) is 7.88. The fraction of sp³-hybridized carbons (Fsp3) is 0.391. The topological polar surface area (TPSA) is 94.6 Å². The summed E-state index contributed by atoms with van der Waals surface area (Å²) in [6.45, 7) is 0.307. The number of benzene rings is 1. The molecule has 32 heavy (non-hydrogen) atoms. The summed E-state index contributed by atoms with van der Waals surface area (Å²) in [5.74, 6) is -0.168. The maximum absolute atomic E-state index is 13.3. The Kier molecular flexibility index (Phi) is 6.90. The zero-order chi connectivity index (χ0) is 22.7. The molecule has 3 aromatic rings. The third-order valence-electron chi connectivity index (χ3n) is 5.97. The Hall–Kier alpha value is -2.33. The third-order valence-corrected chi connectivity index (χ3v) is 9.28. The van der Waals surface area contributed by atoms with Gasteiger partial charge in [-0.2, -0.15) is 0 Å². The summed E-state index contributed by atoms with van der Waals surface area (Å²) in [6.07, 6.45) is 4.86. The number of nitrogens with zero attached hydrogens (tertiary/aromatic N) is 1. The first-order valence-electron chi connectivity index (χ1n) is 10.4. The van der Waals surface area contributed by atoms with Crippen LogP contribution in [0.5, 0.6) is 0 Å². The van der Waals surface area contributed by atoms with Crippen LogP contribution in [0.15, 0.2) is 53.7 Å². The quantitative estimate of drug-likeness (QED) is 0.562. The standard InChI is InChI=1S/C23H26N2O5S2/c1-29-17-5-8-19(30-2)22(12-17)32(27,28)18-6-3-15(4-7-18)13-25-23(26)20-11-16-9-10-24-14-21(16)31-20/h3-4,6-7,9-11,14,17,19,22H,5,8,12-13H2,1-2H3,(H,25,26).